The predicted molar refractivity (Wildman–Crippen MR) is 48.6 cm³/mol. The number of aliphatic hydroxyl groups excluding tert-OH is 1. The van der Waals surface area contributed by atoms with E-state index in [2.05, 4.69) is 22.6 Å². The van der Waals surface area contributed by atoms with Crippen LogP contribution in [-0.4, -0.2) is 27.7 Å². The molecule has 1 rings (SSSR count). The molecule has 3 nitrogen and oxygen atoms in total. The highest BCUT2D eigenvalue weighted by atomic mass is 127. The van der Waals surface area contributed by atoms with Crippen molar-refractivity contribution < 1.29 is 14.6 Å². The van der Waals surface area contributed by atoms with Crippen LogP contribution in [0.1, 0.15) is 13.8 Å². The van der Waals surface area contributed by atoms with E-state index in [0.717, 1.165) is 4.43 Å². The van der Waals surface area contributed by atoms with Gasteiger partial charge in [-0.2, -0.15) is 0 Å². The Hall–Kier alpha value is 0.160. The van der Waals surface area contributed by atoms with E-state index in [0.29, 0.717) is 0 Å². The Morgan fingerprint density at radius 1 is 1.73 bits per heavy atom. The molecule has 0 aromatic rings. The van der Waals surface area contributed by atoms with E-state index in [1.54, 1.807) is 0 Å². The highest BCUT2D eigenvalue weighted by molar-refractivity contribution is 14.1. The Bertz CT molecular complexity index is 179. The molecule has 1 aliphatic heterocycles. The molecule has 0 saturated carbocycles. The van der Waals surface area contributed by atoms with Crippen molar-refractivity contribution in [2.75, 3.05) is 4.43 Å². The number of halogens is 1. The van der Waals surface area contributed by atoms with Gasteiger partial charge < -0.3 is 9.84 Å². The first-order valence-electron chi connectivity index (χ1n) is 3.44. The van der Waals surface area contributed by atoms with Gasteiger partial charge in [-0.05, 0) is 0 Å². The molecule has 1 N–H and O–H groups in total. The summed E-state index contributed by atoms with van der Waals surface area (Å²) in [6.45, 7) is 3.68. The number of carbonyl (C=O) groups is 1. The number of ether oxygens (including phenoxy) is 1. The van der Waals surface area contributed by atoms with Crippen LogP contribution in [0.25, 0.3) is 0 Å². The van der Waals surface area contributed by atoms with Gasteiger partial charge in [-0.25, -0.2) is 4.79 Å². The minimum atomic E-state index is -0.956. The Balaban J connectivity index is 2.82. The summed E-state index contributed by atoms with van der Waals surface area (Å²) in [5.74, 6) is -0.489. The second kappa shape index (κ2) is 2.90. The van der Waals surface area contributed by atoms with Crippen LogP contribution in [0.15, 0.2) is 0 Å². The van der Waals surface area contributed by atoms with Crippen LogP contribution in [0.3, 0.4) is 0 Å². The average Bonchev–Trinajstić information content (AvgIpc) is 2.13. The Morgan fingerprint density at radius 2 is 2.27 bits per heavy atom. The molecule has 0 bridgehead atoms. The van der Waals surface area contributed by atoms with Crippen molar-refractivity contribution in [1.82, 2.24) is 0 Å². The van der Waals surface area contributed by atoms with Crippen molar-refractivity contribution in [3.63, 3.8) is 0 Å². The fourth-order valence-corrected chi connectivity index (χ4v) is 2.38. The molecule has 0 amide bonds. The minimum absolute atomic E-state index is 0.148. The van der Waals surface area contributed by atoms with Gasteiger partial charge in [0.1, 0.15) is 6.10 Å². The van der Waals surface area contributed by atoms with Crippen molar-refractivity contribution in [3.05, 3.63) is 0 Å². The summed E-state index contributed by atoms with van der Waals surface area (Å²) < 4.78 is 5.67. The zero-order valence-corrected chi connectivity index (χ0v) is 8.66. The molecular weight excluding hydrogens is 259 g/mol. The van der Waals surface area contributed by atoms with Crippen LogP contribution in [0.2, 0.25) is 0 Å². The first kappa shape index (κ1) is 9.25. The monoisotopic (exact) mass is 270 g/mol. The molecule has 1 heterocycles. The number of carbonyl (C=O) groups excluding carboxylic acids is 1. The van der Waals surface area contributed by atoms with Gasteiger partial charge in [0, 0.05) is 9.84 Å². The van der Waals surface area contributed by atoms with E-state index in [1.807, 2.05) is 13.8 Å². The molecule has 2 atom stereocenters. The Labute approximate surface area is 79.3 Å². The van der Waals surface area contributed by atoms with E-state index in [1.165, 1.54) is 0 Å². The third-order valence-corrected chi connectivity index (χ3v) is 2.96. The first-order chi connectivity index (χ1) is 5.00. The minimum Gasteiger partial charge on any atom is -0.459 e. The molecule has 0 aliphatic carbocycles. The zero-order chi connectivity index (χ0) is 8.65. The largest absolute Gasteiger partial charge is 0.459 e. The number of alkyl halides is 1. The molecule has 11 heavy (non-hydrogen) atoms. The number of esters is 1. The average molecular weight is 270 g/mol. The summed E-state index contributed by atoms with van der Waals surface area (Å²) in [4.78, 5) is 10.9. The van der Waals surface area contributed by atoms with Gasteiger partial charge in [-0.15, -0.1) is 0 Å². The molecule has 1 aliphatic rings. The lowest BCUT2D eigenvalue weighted by Crippen LogP contribution is -2.35. The Kier molecular flexibility index (Phi) is 2.43. The number of hydrogen-bond acceptors (Lipinski definition) is 3. The Morgan fingerprint density at radius 3 is 2.45 bits per heavy atom. The second-order valence-electron chi connectivity index (χ2n) is 3.30. The first-order valence-corrected chi connectivity index (χ1v) is 4.97. The third kappa shape index (κ3) is 1.38. The summed E-state index contributed by atoms with van der Waals surface area (Å²) in [7, 11) is 0. The predicted octanol–water partition coefficient (Wildman–Crippen LogP) is 0.734. The van der Waals surface area contributed by atoms with Crippen LogP contribution in [0, 0.1) is 5.41 Å². The highest BCUT2D eigenvalue weighted by Crippen LogP contribution is 2.35. The van der Waals surface area contributed by atoms with Crippen molar-refractivity contribution >= 4 is 28.6 Å². The maximum absolute atomic E-state index is 10.9. The molecule has 64 valence electrons. The summed E-state index contributed by atoms with van der Waals surface area (Å²) >= 11 is 2.15. The van der Waals surface area contributed by atoms with Crippen LogP contribution in [-0.2, 0) is 9.53 Å². The van der Waals surface area contributed by atoms with Gasteiger partial charge in [-0.3, -0.25) is 0 Å². The summed E-state index contributed by atoms with van der Waals surface area (Å²) in [6, 6.07) is 0. The lowest BCUT2D eigenvalue weighted by Gasteiger charge is -2.23. The summed E-state index contributed by atoms with van der Waals surface area (Å²) in [5, 5.41) is 9.35. The van der Waals surface area contributed by atoms with Crippen molar-refractivity contribution in [1.29, 1.82) is 0 Å². The number of hydrogen-bond donors (Lipinski definition) is 1. The zero-order valence-electron chi connectivity index (χ0n) is 6.50. The van der Waals surface area contributed by atoms with E-state index in [-0.39, 0.29) is 6.10 Å². The molecule has 0 aromatic heterocycles. The van der Waals surface area contributed by atoms with Gasteiger partial charge in [0.25, 0.3) is 0 Å². The van der Waals surface area contributed by atoms with Crippen molar-refractivity contribution in [2.24, 2.45) is 5.41 Å². The van der Waals surface area contributed by atoms with E-state index >= 15 is 0 Å². The van der Waals surface area contributed by atoms with Crippen molar-refractivity contribution in [3.8, 4) is 0 Å². The molecule has 4 heteroatoms. The van der Waals surface area contributed by atoms with Gasteiger partial charge >= 0.3 is 5.97 Å². The highest BCUT2D eigenvalue weighted by Gasteiger charge is 2.49. The third-order valence-electron chi connectivity index (χ3n) is 2.16. The van der Waals surface area contributed by atoms with Gasteiger partial charge in [0.15, 0.2) is 6.10 Å². The van der Waals surface area contributed by atoms with Crippen LogP contribution in [0.4, 0.5) is 0 Å². The van der Waals surface area contributed by atoms with Gasteiger partial charge in [-0.1, -0.05) is 36.4 Å². The normalized spacial score (nSPS) is 35.5. The number of rotatable bonds is 1. The van der Waals surface area contributed by atoms with Gasteiger partial charge in [0.05, 0.1) is 0 Å². The topological polar surface area (TPSA) is 46.5 Å². The van der Waals surface area contributed by atoms with E-state index in [4.69, 9.17) is 4.74 Å². The van der Waals surface area contributed by atoms with Crippen LogP contribution < -0.4 is 0 Å². The summed E-state index contributed by atoms with van der Waals surface area (Å²) in [5.41, 5.74) is -0.432. The lowest BCUT2D eigenvalue weighted by molar-refractivity contribution is -0.146. The fraction of sp³-hybridized carbons (Fsp3) is 0.857. The number of cyclic esters (lactones) is 1. The number of aliphatic hydroxyl groups is 1. The van der Waals surface area contributed by atoms with E-state index in [9.17, 15) is 9.90 Å². The van der Waals surface area contributed by atoms with E-state index < -0.39 is 17.5 Å². The second-order valence-corrected chi connectivity index (χ2v) is 4.18. The molecule has 1 saturated heterocycles. The van der Waals surface area contributed by atoms with Crippen LogP contribution >= 0.6 is 22.6 Å². The SMILES string of the molecule is CC1(C)[C@@H](CI)OC(=O)[C@@H]1O. The molecule has 0 aromatic carbocycles. The van der Waals surface area contributed by atoms with Crippen molar-refractivity contribution in [2.45, 2.75) is 26.1 Å². The molecule has 0 unspecified atom stereocenters. The maximum atomic E-state index is 10.9. The molecule has 0 radical (unpaired) electrons. The molecule has 0 spiro atoms. The quantitative estimate of drug-likeness (QED) is 0.434. The standard InChI is InChI=1S/C7H11IO3/c1-7(2)4(3-8)11-6(10)5(7)9/h4-5,9H,3H2,1-2H3/t4-,5+/m1/s1. The van der Waals surface area contributed by atoms with Gasteiger partial charge in [0.2, 0.25) is 0 Å². The molecule has 1 fully saturated rings. The summed E-state index contributed by atoms with van der Waals surface area (Å²) in [6.07, 6.45) is -1.10. The lowest BCUT2D eigenvalue weighted by atomic mass is 9.84. The maximum Gasteiger partial charge on any atom is 0.335 e. The smallest absolute Gasteiger partial charge is 0.335 e. The van der Waals surface area contributed by atoms with Crippen LogP contribution in [0.5, 0.6) is 0 Å². The molecular formula is C7H11IO3. The fourth-order valence-electron chi connectivity index (χ4n) is 1.07.